The van der Waals surface area contributed by atoms with Crippen LogP contribution in [0.15, 0.2) is 78.5 Å². The van der Waals surface area contributed by atoms with Crippen LogP contribution in [0.3, 0.4) is 0 Å². The minimum Gasteiger partial charge on any atom is -0.317 e. The third kappa shape index (κ3) is 3.50. The highest BCUT2D eigenvalue weighted by Crippen LogP contribution is 2.26. The van der Waals surface area contributed by atoms with Crippen molar-refractivity contribution >= 4 is 40.9 Å². The molecule has 5 nitrogen and oxygen atoms in total. The van der Waals surface area contributed by atoms with Crippen molar-refractivity contribution < 1.29 is 9.59 Å². The van der Waals surface area contributed by atoms with E-state index in [2.05, 4.69) is 5.32 Å². The minimum absolute atomic E-state index is 0.0420. The largest absolute Gasteiger partial charge is 0.317 e. The fourth-order valence-electron chi connectivity index (χ4n) is 3.39. The average molecular weight is 401 g/mol. The van der Waals surface area contributed by atoms with Crippen molar-refractivity contribution in [2.24, 2.45) is 0 Å². The Morgan fingerprint density at radius 1 is 0.966 bits per heavy atom. The van der Waals surface area contributed by atoms with Crippen molar-refractivity contribution in [3.8, 4) is 5.69 Å². The number of anilines is 1. The Balaban J connectivity index is 1.77. The first-order chi connectivity index (χ1) is 14.1. The van der Waals surface area contributed by atoms with E-state index in [1.165, 1.54) is 4.90 Å². The molecule has 0 spiro atoms. The van der Waals surface area contributed by atoms with Crippen LogP contribution in [0.2, 0.25) is 0 Å². The van der Waals surface area contributed by atoms with E-state index in [1.807, 2.05) is 84.4 Å². The monoisotopic (exact) mass is 401 g/mol. The van der Waals surface area contributed by atoms with Gasteiger partial charge in [-0.3, -0.25) is 19.8 Å². The first-order valence-electron chi connectivity index (χ1n) is 9.32. The molecule has 0 bridgehead atoms. The van der Waals surface area contributed by atoms with Crippen LogP contribution in [0.25, 0.3) is 11.8 Å². The molecule has 3 aromatic rings. The molecule has 4 rings (SSSR count). The highest BCUT2D eigenvalue weighted by atomic mass is 32.1. The Bertz CT molecular complexity index is 1130. The van der Waals surface area contributed by atoms with Gasteiger partial charge in [-0.15, -0.1) is 0 Å². The van der Waals surface area contributed by atoms with Gasteiger partial charge in [-0.25, -0.2) is 0 Å². The number of nitrogens with one attached hydrogen (secondary N) is 1. The van der Waals surface area contributed by atoms with E-state index in [4.69, 9.17) is 12.2 Å². The molecule has 1 aliphatic heterocycles. The number of amides is 2. The maximum Gasteiger partial charge on any atom is 0.270 e. The van der Waals surface area contributed by atoms with E-state index in [1.54, 1.807) is 6.08 Å². The molecule has 0 radical (unpaired) electrons. The van der Waals surface area contributed by atoms with E-state index >= 15 is 0 Å². The molecule has 2 amide bonds. The summed E-state index contributed by atoms with van der Waals surface area (Å²) in [7, 11) is 0. The van der Waals surface area contributed by atoms with Crippen molar-refractivity contribution in [2.75, 3.05) is 4.90 Å². The maximum absolute atomic E-state index is 13.3. The van der Waals surface area contributed by atoms with Crippen LogP contribution in [0.1, 0.15) is 18.2 Å². The van der Waals surface area contributed by atoms with E-state index in [-0.39, 0.29) is 10.7 Å². The second-order valence-corrected chi connectivity index (χ2v) is 6.97. The van der Waals surface area contributed by atoms with Gasteiger partial charge in [0.2, 0.25) is 0 Å². The number of para-hydroxylation sites is 2. The lowest BCUT2D eigenvalue weighted by molar-refractivity contribution is -0.122. The number of carbonyl (C=O) groups is 2. The lowest BCUT2D eigenvalue weighted by atomic mass is 10.1. The fourth-order valence-corrected chi connectivity index (χ4v) is 3.66. The summed E-state index contributed by atoms with van der Waals surface area (Å²) in [6.45, 7) is 2.01. The van der Waals surface area contributed by atoms with Crippen LogP contribution in [0, 0.1) is 0 Å². The quantitative estimate of drug-likeness (QED) is 0.410. The zero-order valence-corrected chi connectivity index (χ0v) is 16.6. The molecule has 144 valence electrons. The molecule has 1 N–H and O–H groups in total. The lowest BCUT2D eigenvalue weighted by Crippen LogP contribution is -2.54. The SMILES string of the molecule is CCc1ccccc1N1C(=O)/C(=C/c2cccn2-c2ccccc2)C(=O)NC1=S. The maximum atomic E-state index is 13.3. The van der Waals surface area contributed by atoms with Crippen LogP contribution in [0.4, 0.5) is 5.69 Å². The van der Waals surface area contributed by atoms with E-state index in [0.29, 0.717) is 5.69 Å². The topological polar surface area (TPSA) is 54.3 Å². The number of nitrogens with zero attached hydrogens (tertiary/aromatic N) is 2. The molecule has 1 saturated heterocycles. The number of aryl methyl sites for hydroxylation is 1. The van der Waals surface area contributed by atoms with E-state index in [0.717, 1.165) is 23.4 Å². The van der Waals surface area contributed by atoms with Gasteiger partial charge in [0, 0.05) is 17.6 Å². The molecule has 1 aliphatic rings. The number of hydrogen-bond donors (Lipinski definition) is 1. The minimum atomic E-state index is -0.494. The number of carbonyl (C=O) groups excluding carboxylic acids is 2. The number of thiocarbonyl (C=S) groups is 1. The molecular weight excluding hydrogens is 382 g/mol. The van der Waals surface area contributed by atoms with Crippen molar-refractivity contribution in [2.45, 2.75) is 13.3 Å². The van der Waals surface area contributed by atoms with Gasteiger partial charge in [-0.1, -0.05) is 43.3 Å². The molecule has 0 aliphatic carbocycles. The molecule has 0 unspecified atom stereocenters. The summed E-state index contributed by atoms with van der Waals surface area (Å²) in [5.41, 5.74) is 3.38. The fraction of sp³-hybridized carbons (Fsp3) is 0.0870. The average Bonchev–Trinajstić information content (AvgIpc) is 3.20. The van der Waals surface area contributed by atoms with Gasteiger partial charge in [-0.05, 0) is 60.6 Å². The van der Waals surface area contributed by atoms with Crippen molar-refractivity contribution in [1.82, 2.24) is 9.88 Å². The third-order valence-electron chi connectivity index (χ3n) is 4.82. The first kappa shape index (κ1) is 18.8. The van der Waals surface area contributed by atoms with Gasteiger partial charge < -0.3 is 4.57 Å². The second-order valence-electron chi connectivity index (χ2n) is 6.58. The highest BCUT2D eigenvalue weighted by molar-refractivity contribution is 7.80. The summed E-state index contributed by atoms with van der Waals surface area (Å²) in [6, 6.07) is 21.0. The van der Waals surface area contributed by atoms with Crippen LogP contribution >= 0.6 is 12.2 Å². The van der Waals surface area contributed by atoms with Crippen LogP contribution < -0.4 is 10.2 Å². The van der Waals surface area contributed by atoms with Crippen molar-refractivity contribution in [1.29, 1.82) is 0 Å². The summed E-state index contributed by atoms with van der Waals surface area (Å²) in [4.78, 5) is 27.3. The van der Waals surface area contributed by atoms with Gasteiger partial charge in [0.25, 0.3) is 11.8 Å². The second kappa shape index (κ2) is 7.85. The molecule has 2 aromatic carbocycles. The predicted molar refractivity (Wildman–Crippen MR) is 118 cm³/mol. The standard InChI is InChI=1S/C23H19N3O2S/c1-2-16-9-6-7-13-20(16)26-22(28)19(21(27)24-23(26)29)15-18-12-8-14-25(18)17-10-4-3-5-11-17/h3-15H,2H2,1H3,(H,24,27,29)/b19-15+. The first-order valence-corrected chi connectivity index (χ1v) is 9.73. The van der Waals surface area contributed by atoms with Crippen molar-refractivity contribution in [3.05, 3.63) is 89.8 Å². The smallest absolute Gasteiger partial charge is 0.270 e. The molecular formula is C23H19N3O2S. The van der Waals surface area contributed by atoms with Crippen LogP contribution in [-0.2, 0) is 16.0 Å². The molecule has 0 saturated carbocycles. The number of rotatable bonds is 4. The number of hydrogen-bond acceptors (Lipinski definition) is 3. The number of benzene rings is 2. The van der Waals surface area contributed by atoms with Crippen LogP contribution in [0.5, 0.6) is 0 Å². The summed E-state index contributed by atoms with van der Waals surface area (Å²) in [6.07, 6.45) is 4.24. The van der Waals surface area contributed by atoms with Gasteiger partial charge in [0.15, 0.2) is 5.11 Å². The zero-order chi connectivity index (χ0) is 20.4. The summed E-state index contributed by atoms with van der Waals surface area (Å²) >= 11 is 5.31. The van der Waals surface area contributed by atoms with Gasteiger partial charge in [0.05, 0.1) is 5.69 Å². The Morgan fingerprint density at radius 2 is 1.69 bits per heavy atom. The van der Waals surface area contributed by atoms with Crippen LogP contribution in [-0.4, -0.2) is 21.5 Å². The predicted octanol–water partition coefficient (Wildman–Crippen LogP) is 3.87. The summed E-state index contributed by atoms with van der Waals surface area (Å²) in [5.74, 6) is -0.925. The van der Waals surface area contributed by atoms with Crippen molar-refractivity contribution in [3.63, 3.8) is 0 Å². The molecule has 6 heteroatoms. The lowest BCUT2D eigenvalue weighted by Gasteiger charge is -2.30. The number of aromatic nitrogens is 1. The Hall–Kier alpha value is -3.51. The Labute approximate surface area is 174 Å². The van der Waals surface area contributed by atoms with E-state index < -0.39 is 11.8 Å². The molecule has 29 heavy (non-hydrogen) atoms. The molecule has 0 atom stereocenters. The van der Waals surface area contributed by atoms with E-state index in [9.17, 15) is 9.59 Å². The highest BCUT2D eigenvalue weighted by Gasteiger charge is 2.35. The van der Waals surface area contributed by atoms with Gasteiger partial charge in [0.1, 0.15) is 5.57 Å². The zero-order valence-electron chi connectivity index (χ0n) is 15.8. The van der Waals surface area contributed by atoms with Gasteiger partial charge >= 0.3 is 0 Å². The molecule has 1 fully saturated rings. The molecule has 2 heterocycles. The normalized spacial score (nSPS) is 15.7. The summed E-state index contributed by atoms with van der Waals surface area (Å²) < 4.78 is 1.92. The van der Waals surface area contributed by atoms with Gasteiger partial charge in [-0.2, -0.15) is 0 Å². The molecule has 1 aromatic heterocycles. The Morgan fingerprint density at radius 3 is 2.45 bits per heavy atom. The summed E-state index contributed by atoms with van der Waals surface area (Å²) in [5, 5.41) is 2.75. The Kier molecular flexibility index (Phi) is 5.10. The third-order valence-corrected chi connectivity index (χ3v) is 5.11.